The number of ether oxygens (including phenoxy) is 1. The van der Waals surface area contributed by atoms with E-state index in [1.165, 1.54) is 10.4 Å². The molecule has 0 saturated carbocycles. The number of fused-ring (bicyclic) bond motifs is 1. The smallest absolute Gasteiger partial charge is 0.318 e. The molecule has 34 heavy (non-hydrogen) atoms. The van der Waals surface area contributed by atoms with Crippen LogP contribution in [0.5, 0.6) is 5.75 Å². The van der Waals surface area contributed by atoms with Crippen molar-refractivity contribution in [1.29, 1.82) is 0 Å². The van der Waals surface area contributed by atoms with Crippen molar-refractivity contribution in [2.45, 2.75) is 66.0 Å². The Balaban J connectivity index is 1.75. The summed E-state index contributed by atoms with van der Waals surface area (Å²) in [6, 6.07) is 9.95. The zero-order valence-corrected chi connectivity index (χ0v) is 22.2. The minimum absolute atomic E-state index is 0.0175. The topological polar surface area (TPSA) is 61.9 Å². The zero-order valence-electron chi connectivity index (χ0n) is 21.3. The quantitative estimate of drug-likeness (QED) is 0.514. The molecule has 0 bridgehead atoms. The Kier molecular flexibility index (Phi) is 9.00. The van der Waals surface area contributed by atoms with Crippen LogP contribution < -0.4 is 10.1 Å². The molecule has 0 radical (unpaired) electrons. The van der Waals surface area contributed by atoms with Crippen molar-refractivity contribution in [2.75, 3.05) is 26.2 Å². The molecule has 3 amide bonds. The second-order valence-corrected chi connectivity index (χ2v) is 11.1. The highest BCUT2D eigenvalue weighted by Crippen LogP contribution is 2.34. The van der Waals surface area contributed by atoms with Gasteiger partial charge in [-0.25, -0.2) is 4.79 Å². The van der Waals surface area contributed by atoms with Gasteiger partial charge in [0.05, 0.1) is 6.04 Å². The summed E-state index contributed by atoms with van der Waals surface area (Å²) in [5.74, 6) is 1.50. The number of carbonyl (C=O) groups excluding carboxylic acids is 2. The van der Waals surface area contributed by atoms with Crippen LogP contribution in [-0.2, 0) is 11.2 Å². The van der Waals surface area contributed by atoms with Crippen molar-refractivity contribution >= 4 is 23.3 Å². The van der Waals surface area contributed by atoms with Crippen molar-refractivity contribution in [3.8, 4) is 5.75 Å². The summed E-state index contributed by atoms with van der Waals surface area (Å²) in [4.78, 5) is 31.1. The van der Waals surface area contributed by atoms with Crippen molar-refractivity contribution in [3.05, 3.63) is 51.7 Å². The van der Waals surface area contributed by atoms with Gasteiger partial charge in [0.1, 0.15) is 18.9 Å². The Bertz CT molecular complexity index is 952. The lowest BCUT2D eigenvalue weighted by Crippen LogP contribution is -2.51. The fourth-order valence-corrected chi connectivity index (χ4v) is 5.18. The van der Waals surface area contributed by atoms with Crippen LogP contribution in [0.2, 0.25) is 0 Å². The second kappa shape index (κ2) is 11.7. The molecular formula is C27H39N3O3S. The molecule has 1 aliphatic heterocycles. The summed E-state index contributed by atoms with van der Waals surface area (Å²) in [5, 5.41) is 5.02. The van der Waals surface area contributed by atoms with E-state index >= 15 is 0 Å². The molecule has 1 aromatic carbocycles. The molecule has 1 N–H and O–H groups in total. The third-order valence-corrected chi connectivity index (χ3v) is 6.98. The lowest BCUT2D eigenvalue weighted by atomic mass is 10.00. The number of carbonyl (C=O) groups is 2. The van der Waals surface area contributed by atoms with Gasteiger partial charge < -0.3 is 19.9 Å². The predicted molar refractivity (Wildman–Crippen MR) is 139 cm³/mol. The van der Waals surface area contributed by atoms with Crippen LogP contribution in [-0.4, -0.2) is 54.0 Å². The normalized spacial score (nSPS) is 15.6. The van der Waals surface area contributed by atoms with E-state index < -0.39 is 0 Å². The van der Waals surface area contributed by atoms with Gasteiger partial charge in [0.15, 0.2) is 0 Å². The average Bonchev–Trinajstić information content (AvgIpc) is 3.25. The number of urea groups is 1. The van der Waals surface area contributed by atoms with Crippen LogP contribution in [0.4, 0.5) is 4.79 Å². The number of hydrogen-bond acceptors (Lipinski definition) is 4. The fraction of sp³-hybridized carbons (Fsp3) is 0.556. The van der Waals surface area contributed by atoms with Crippen LogP contribution >= 0.6 is 11.3 Å². The van der Waals surface area contributed by atoms with E-state index in [2.05, 4.69) is 56.6 Å². The molecule has 1 aliphatic rings. The van der Waals surface area contributed by atoms with E-state index in [0.29, 0.717) is 25.6 Å². The minimum Gasteiger partial charge on any atom is -0.491 e. The molecule has 186 valence electrons. The monoisotopic (exact) mass is 485 g/mol. The Labute approximate surface area is 208 Å². The van der Waals surface area contributed by atoms with E-state index in [0.717, 1.165) is 17.7 Å². The highest BCUT2D eigenvalue weighted by Gasteiger charge is 2.33. The molecule has 0 unspecified atom stereocenters. The van der Waals surface area contributed by atoms with Crippen LogP contribution in [0.15, 0.2) is 35.7 Å². The molecule has 0 spiro atoms. The van der Waals surface area contributed by atoms with E-state index in [4.69, 9.17) is 4.74 Å². The minimum atomic E-state index is -0.191. The Morgan fingerprint density at radius 1 is 1.12 bits per heavy atom. The first-order valence-corrected chi connectivity index (χ1v) is 13.2. The van der Waals surface area contributed by atoms with E-state index in [1.807, 2.05) is 30.9 Å². The summed E-state index contributed by atoms with van der Waals surface area (Å²) in [6.07, 6.45) is 0.834. The van der Waals surface area contributed by atoms with Gasteiger partial charge in [-0.2, -0.15) is 0 Å². The van der Waals surface area contributed by atoms with E-state index in [9.17, 15) is 9.59 Å². The van der Waals surface area contributed by atoms with Gasteiger partial charge in [-0.1, -0.05) is 39.8 Å². The average molecular weight is 486 g/mol. The van der Waals surface area contributed by atoms with Crippen LogP contribution in [0.3, 0.4) is 0 Å². The Hall–Kier alpha value is -2.54. The molecule has 6 nitrogen and oxygen atoms in total. The molecule has 2 heterocycles. The maximum atomic E-state index is 13.5. The standard InChI is InChI=1S/C27H39N3O3S/c1-18(2)15-29(27(32)28-20(5)6)16-26(31)30-13-11-25-23(12-14-34-25)24(30)17-33-22-9-7-21(8-10-22)19(3)4/h7-10,12,14,18-20,24H,11,13,15-17H2,1-6H3,(H,28,32)/t24-/m0/s1. The number of hydrogen-bond donors (Lipinski definition) is 1. The number of nitrogens with zero attached hydrogens (tertiary/aromatic N) is 2. The van der Waals surface area contributed by atoms with E-state index in [-0.39, 0.29) is 36.5 Å². The maximum absolute atomic E-state index is 13.5. The van der Waals surface area contributed by atoms with Gasteiger partial charge in [0.2, 0.25) is 5.91 Å². The number of thiophene rings is 1. The SMILES string of the molecule is CC(C)CN(CC(=O)N1CCc2sccc2[C@@H]1COc1ccc(C(C)C)cc1)C(=O)NC(C)C. The molecular weight excluding hydrogens is 446 g/mol. The highest BCUT2D eigenvalue weighted by atomic mass is 32.1. The zero-order chi connectivity index (χ0) is 24.8. The third kappa shape index (κ3) is 6.75. The molecule has 3 rings (SSSR count). The van der Waals surface area contributed by atoms with Gasteiger partial charge in [-0.15, -0.1) is 11.3 Å². The van der Waals surface area contributed by atoms with Gasteiger partial charge in [-0.3, -0.25) is 4.79 Å². The van der Waals surface area contributed by atoms with Gasteiger partial charge in [0, 0.05) is 24.0 Å². The Morgan fingerprint density at radius 3 is 2.44 bits per heavy atom. The number of rotatable bonds is 9. The molecule has 0 aliphatic carbocycles. The predicted octanol–water partition coefficient (Wildman–Crippen LogP) is 5.45. The van der Waals surface area contributed by atoms with Crippen LogP contribution in [0, 0.1) is 5.92 Å². The van der Waals surface area contributed by atoms with Gasteiger partial charge in [0.25, 0.3) is 0 Å². The fourth-order valence-electron chi connectivity index (χ4n) is 4.25. The summed E-state index contributed by atoms with van der Waals surface area (Å²) >= 11 is 1.74. The number of amides is 3. The van der Waals surface area contributed by atoms with Crippen LogP contribution in [0.25, 0.3) is 0 Å². The van der Waals surface area contributed by atoms with E-state index in [1.54, 1.807) is 16.2 Å². The molecule has 2 aromatic rings. The first kappa shape index (κ1) is 26.1. The molecule has 0 saturated heterocycles. The van der Waals surface area contributed by atoms with Crippen molar-refractivity contribution < 1.29 is 14.3 Å². The first-order valence-electron chi connectivity index (χ1n) is 12.3. The van der Waals surface area contributed by atoms with Crippen molar-refractivity contribution in [1.82, 2.24) is 15.1 Å². The lowest BCUT2D eigenvalue weighted by molar-refractivity contribution is -0.135. The molecule has 1 aromatic heterocycles. The van der Waals surface area contributed by atoms with Gasteiger partial charge >= 0.3 is 6.03 Å². The molecule has 1 atom stereocenters. The summed E-state index contributed by atoms with van der Waals surface area (Å²) in [7, 11) is 0. The summed E-state index contributed by atoms with van der Waals surface area (Å²) in [6.45, 7) is 13.9. The number of nitrogens with one attached hydrogen (secondary N) is 1. The lowest BCUT2D eigenvalue weighted by Gasteiger charge is -2.37. The van der Waals surface area contributed by atoms with Crippen molar-refractivity contribution in [3.63, 3.8) is 0 Å². The second-order valence-electron chi connectivity index (χ2n) is 10.1. The Morgan fingerprint density at radius 2 is 1.82 bits per heavy atom. The third-order valence-electron chi connectivity index (χ3n) is 5.98. The number of benzene rings is 1. The summed E-state index contributed by atoms with van der Waals surface area (Å²) in [5.41, 5.74) is 2.43. The van der Waals surface area contributed by atoms with Crippen molar-refractivity contribution in [2.24, 2.45) is 5.92 Å². The molecule has 0 fully saturated rings. The van der Waals surface area contributed by atoms with Gasteiger partial charge in [-0.05, 0) is 66.8 Å². The van der Waals surface area contributed by atoms with Crippen LogP contribution in [0.1, 0.15) is 69.5 Å². The largest absolute Gasteiger partial charge is 0.491 e. The summed E-state index contributed by atoms with van der Waals surface area (Å²) < 4.78 is 6.17. The maximum Gasteiger partial charge on any atom is 0.318 e. The highest BCUT2D eigenvalue weighted by molar-refractivity contribution is 7.10. The molecule has 7 heteroatoms. The first-order chi connectivity index (χ1) is 16.2.